The number of nitrogens with zero attached hydrogens (tertiary/aromatic N) is 1. The first-order chi connectivity index (χ1) is 10.5. The zero-order chi connectivity index (χ0) is 17.8. The van der Waals surface area contributed by atoms with Crippen LogP contribution in [-0.4, -0.2) is 64.8 Å². The van der Waals surface area contributed by atoms with Crippen molar-refractivity contribution in [3.63, 3.8) is 0 Å². The van der Waals surface area contributed by atoms with Crippen molar-refractivity contribution in [2.45, 2.75) is 58.2 Å². The molecule has 0 saturated carbocycles. The summed E-state index contributed by atoms with van der Waals surface area (Å²) in [6.45, 7) is 9.67. The van der Waals surface area contributed by atoms with Crippen molar-refractivity contribution in [3.05, 3.63) is 0 Å². The second-order valence-corrected chi connectivity index (χ2v) is 6.95. The van der Waals surface area contributed by atoms with E-state index in [-0.39, 0.29) is 25.4 Å². The van der Waals surface area contributed by atoms with E-state index in [0.29, 0.717) is 6.54 Å². The number of hydrogen-bond donors (Lipinski definition) is 3. The molecule has 0 bridgehead atoms. The SMILES string of the molecule is CCNC(=O)C(C)NC1(CC(=O)O)CN(C(=O)OC(C)(C)C)C1. The van der Waals surface area contributed by atoms with E-state index in [1.165, 1.54) is 4.90 Å². The first-order valence-corrected chi connectivity index (χ1v) is 7.73. The number of likely N-dealkylation sites (N-methyl/N-ethyl adjacent to an activating group) is 1. The van der Waals surface area contributed by atoms with Crippen LogP contribution in [0.5, 0.6) is 0 Å². The Hall–Kier alpha value is -1.83. The lowest BCUT2D eigenvalue weighted by Gasteiger charge is -2.50. The Morgan fingerprint density at radius 2 is 1.87 bits per heavy atom. The lowest BCUT2D eigenvalue weighted by Crippen LogP contribution is -2.73. The Bertz CT molecular complexity index is 466. The minimum Gasteiger partial charge on any atom is -0.481 e. The number of carbonyl (C=O) groups excluding carboxylic acids is 2. The summed E-state index contributed by atoms with van der Waals surface area (Å²) in [6, 6.07) is -0.546. The molecule has 132 valence electrons. The maximum absolute atomic E-state index is 12.0. The number of aliphatic carboxylic acids is 1. The van der Waals surface area contributed by atoms with E-state index < -0.39 is 29.2 Å². The first kappa shape index (κ1) is 19.2. The van der Waals surface area contributed by atoms with Crippen LogP contribution >= 0.6 is 0 Å². The van der Waals surface area contributed by atoms with E-state index in [0.717, 1.165) is 0 Å². The highest BCUT2D eigenvalue weighted by molar-refractivity contribution is 5.81. The van der Waals surface area contributed by atoms with Gasteiger partial charge in [0.2, 0.25) is 5.91 Å². The number of amides is 2. The number of hydrogen-bond acceptors (Lipinski definition) is 5. The van der Waals surface area contributed by atoms with Crippen LogP contribution in [0.25, 0.3) is 0 Å². The molecule has 2 amide bonds. The third kappa shape index (κ3) is 5.70. The number of carboxylic acids is 1. The van der Waals surface area contributed by atoms with E-state index in [4.69, 9.17) is 9.84 Å². The molecule has 0 aliphatic carbocycles. The summed E-state index contributed by atoms with van der Waals surface area (Å²) in [7, 11) is 0. The van der Waals surface area contributed by atoms with Gasteiger partial charge < -0.3 is 20.1 Å². The van der Waals surface area contributed by atoms with Crippen LogP contribution in [0, 0.1) is 0 Å². The number of rotatable bonds is 6. The summed E-state index contributed by atoms with van der Waals surface area (Å²) in [5, 5.41) is 14.8. The molecule has 23 heavy (non-hydrogen) atoms. The second-order valence-electron chi connectivity index (χ2n) is 6.95. The highest BCUT2D eigenvalue weighted by Gasteiger charge is 2.49. The number of likely N-dealkylation sites (tertiary alicyclic amines) is 1. The van der Waals surface area contributed by atoms with Crippen LogP contribution in [-0.2, 0) is 14.3 Å². The predicted octanol–water partition coefficient (Wildman–Crippen LogP) is 0.565. The Morgan fingerprint density at radius 3 is 2.30 bits per heavy atom. The maximum atomic E-state index is 12.0. The fraction of sp³-hybridized carbons (Fsp3) is 0.800. The van der Waals surface area contributed by atoms with Crippen LogP contribution in [0.1, 0.15) is 41.0 Å². The van der Waals surface area contributed by atoms with Gasteiger partial charge in [0.1, 0.15) is 5.60 Å². The molecule has 0 radical (unpaired) electrons. The van der Waals surface area contributed by atoms with Crippen LogP contribution in [0.2, 0.25) is 0 Å². The van der Waals surface area contributed by atoms with Crippen molar-refractivity contribution in [1.29, 1.82) is 0 Å². The third-order valence-electron chi connectivity index (χ3n) is 3.40. The lowest BCUT2D eigenvalue weighted by molar-refractivity contribution is -0.142. The molecule has 1 atom stereocenters. The first-order valence-electron chi connectivity index (χ1n) is 7.73. The molecule has 0 spiro atoms. The lowest BCUT2D eigenvalue weighted by atomic mass is 9.85. The molecule has 0 aromatic rings. The Morgan fingerprint density at radius 1 is 1.30 bits per heavy atom. The molecule has 1 rings (SSSR count). The van der Waals surface area contributed by atoms with Gasteiger partial charge >= 0.3 is 12.1 Å². The molecule has 8 heteroatoms. The van der Waals surface area contributed by atoms with E-state index in [9.17, 15) is 14.4 Å². The molecule has 0 aromatic carbocycles. The van der Waals surface area contributed by atoms with Crippen LogP contribution < -0.4 is 10.6 Å². The topological polar surface area (TPSA) is 108 Å². The third-order valence-corrected chi connectivity index (χ3v) is 3.40. The summed E-state index contributed by atoms with van der Waals surface area (Å²) in [6.07, 6.45) is -0.651. The number of carbonyl (C=O) groups is 3. The summed E-state index contributed by atoms with van der Waals surface area (Å²) in [5.74, 6) is -1.18. The number of nitrogens with one attached hydrogen (secondary N) is 2. The maximum Gasteiger partial charge on any atom is 0.410 e. The van der Waals surface area contributed by atoms with E-state index in [2.05, 4.69) is 10.6 Å². The summed E-state index contributed by atoms with van der Waals surface area (Å²) >= 11 is 0. The van der Waals surface area contributed by atoms with Crippen molar-refractivity contribution < 1.29 is 24.2 Å². The van der Waals surface area contributed by atoms with E-state index in [1.54, 1.807) is 27.7 Å². The van der Waals surface area contributed by atoms with Crippen molar-refractivity contribution >= 4 is 18.0 Å². The highest BCUT2D eigenvalue weighted by Crippen LogP contribution is 2.27. The fourth-order valence-electron chi connectivity index (χ4n) is 2.54. The zero-order valence-electron chi connectivity index (χ0n) is 14.4. The summed E-state index contributed by atoms with van der Waals surface area (Å²) < 4.78 is 5.26. The molecule has 8 nitrogen and oxygen atoms in total. The van der Waals surface area contributed by atoms with Gasteiger partial charge in [0, 0.05) is 19.6 Å². The van der Waals surface area contributed by atoms with Crippen LogP contribution in [0.15, 0.2) is 0 Å². The normalized spacial score (nSPS) is 17.9. The van der Waals surface area contributed by atoms with E-state index >= 15 is 0 Å². The Balaban J connectivity index is 2.68. The molecule has 3 N–H and O–H groups in total. The minimum absolute atomic E-state index is 0.171. The second kappa shape index (κ2) is 7.16. The summed E-state index contributed by atoms with van der Waals surface area (Å²) in [5.41, 5.74) is -1.42. The van der Waals surface area contributed by atoms with Crippen LogP contribution in [0.4, 0.5) is 4.79 Å². The molecule has 1 fully saturated rings. The number of carboxylic acid groups (broad SMARTS) is 1. The van der Waals surface area contributed by atoms with Gasteiger partial charge in [0.05, 0.1) is 18.0 Å². The van der Waals surface area contributed by atoms with Gasteiger partial charge in [-0.2, -0.15) is 0 Å². The largest absolute Gasteiger partial charge is 0.481 e. The smallest absolute Gasteiger partial charge is 0.410 e. The van der Waals surface area contributed by atoms with Crippen LogP contribution in [0.3, 0.4) is 0 Å². The molecule has 1 unspecified atom stereocenters. The van der Waals surface area contributed by atoms with Gasteiger partial charge in [-0.25, -0.2) is 4.79 Å². The minimum atomic E-state index is -0.982. The average molecular weight is 329 g/mol. The quantitative estimate of drug-likeness (QED) is 0.657. The van der Waals surface area contributed by atoms with Crippen molar-refractivity contribution in [3.8, 4) is 0 Å². The van der Waals surface area contributed by atoms with Gasteiger partial charge in [0.25, 0.3) is 0 Å². The van der Waals surface area contributed by atoms with Crippen molar-refractivity contribution in [2.75, 3.05) is 19.6 Å². The molecule has 0 aromatic heterocycles. The van der Waals surface area contributed by atoms with Gasteiger partial charge in [-0.05, 0) is 34.6 Å². The molecular weight excluding hydrogens is 302 g/mol. The van der Waals surface area contributed by atoms with Gasteiger partial charge in [-0.3, -0.25) is 14.9 Å². The highest BCUT2D eigenvalue weighted by atomic mass is 16.6. The Labute approximate surface area is 136 Å². The molecule has 1 aliphatic heterocycles. The zero-order valence-corrected chi connectivity index (χ0v) is 14.4. The number of ether oxygens (including phenoxy) is 1. The van der Waals surface area contributed by atoms with Gasteiger partial charge in [-0.15, -0.1) is 0 Å². The predicted molar refractivity (Wildman–Crippen MR) is 84.1 cm³/mol. The molecule has 1 heterocycles. The van der Waals surface area contributed by atoms with E-state index in [1.807, 2.05) is 6.92 Å². The molecular formula is C15H27N3O5. The van der Waals surface area contributed by atoms with Crippen molar-refractivity contribution in [1.82, 2.24) is 15.5 Å². The fourth-order valence-corrected chi connectivity index (χ4v) is 2.54. The Kier molecular flexibility index (Phi) is 5.98. The molecule has 1 aliphatic rings. The molecule has 1 saturated heterocycles. The summed E-state index contributed by atoms with van der Waals surface area (Å²) in [4.78, 5) is 36.4. The average Bonchev–Trinajstić information content (AvgIpc) is 2.32. The standard InChI is InChI=1S/C15H27N3O5/c1-6-16-12(21)10(2)17-15(7-11(19)20)8-18(9-15)13(22)23-14(3,4)5/h10,17H,6-9H2,1-5H3,(H,16,21)(H,19,20). The monoisotopic (exact) mass is 329 g/mol. The van der Waals surface area contributed by atoms with Gasteiger partial charge in [-0.1, -0.05) is 0 Å². The van der Waals surface area contributed by atoms with Gasteiger partial charge in [0.15, 0.2) is 0 Å². The van der Waals surface area contributed by atoms with Crippen molar-refractivity contribution in [2.24, 2.45) is 0 Å².